The summed E-state index contributed by atoms with van der Waals surface area (Å²) in [5.41, 5.74) is -0.222. The first-order valence-corrected chi connectivity index (χ1v) is 8.42. The summed E-state index contributed by atoms with van der Waals surface area (Å²) in [6.45, 7) is 0.909. The molecule has 1 aliphatic heterocycles. The van der Waals surface area contributed by atoms with Crippen LogP contribution in [-0.4, -0.2) is 35.7 Å². The van der Waals surface area contributed by atoms with Crippen molar-refractivity contribution < 1.29 is 24.2 Å². The Morgan fingerprint density at radius 2 is 1.91 bits per heavy atom. The van der Waals surface area contributed by atoms with E-state index in [9.17, 15) is 9.59 Å². The molecule has 2 aliphatic rings. The summed E-state index contributed by atoms with van der Waals surface area (Å²) in [5, 5.41) is 12.1. The Morgan fingerprint density at radius 3 is 2.61 bits per heavy atom. The first kappa shape index (κ1) is 16.1. The molecule has 2 N–H and O–H groups in total. The number of amides is 1. The lowest BCUT2D eigenvalue weighted by Gasteiger charge is -2.29. The topological polar surface area (TPSA) is 84.9 Å². The van der Waals surface area contributed by atoms with Crippen LogP contribution < -0.4 is 14.8 Å². The van der Waals surface area contributed by atoms with Crippen LogP contribution in [0.1, 0.15) is 42.5 Å². The van der Waals surface area contributed by atoms with Gasteiger partial charge in [0.25, 0.3) is 5.91 Å². The fraction of sp³-hybridized carbons (Fsp3) is 0.500. The van der Waals surface area contributed by atoms with Gasteiger partial charge in [-0.15, -0.1) is 0 Å². The van der Waals surface area contributed by atoms with Crippen LogP contribution in [0.25, 0.3) is 0 Å². The summed E-state index contributed by atoms with van der Waals surface area (Å²) < 4.78 is 11.7. The molecule has 7 heteroatoms. The molecular weight excluding hydrogens is 366 g/mol. The quantitative estimate of drug-likeness (QED) is 0.834. The standard InChI is InChI=1S/C16H18BrNO5/c17-11-7-10(8-12-14(11)23-6-5-22-12)15(21)18-16(9-13(19)20)3-1-2-4-16/h7-8H,1-6,9H2,(H,18,21)(H,19,20). The van der Waals surface area contributed by atoms with Gasteiger partial charge in [-0.3, -0.25) is 9.59 Å². The SMILES string of the molecule is O=C(O)CC1(NC(=O)c2cc(Br)c3c(c2)OCCO3)CCCC1. The predicted octanol–water partition coefficient (Wildman–Crippen LogP) is 2.74. The summed E-state index contributed by atoms with van der Waals surface area (Å²) in [6.07, 6.45) is 3.19. The van der Waals surface area contributed by atoms with Gasteiger partial charge >= 0.3 is 5.97 Å². The molecular formula is C16H18BrNO5. The molecule has 0 radical (unpaired) electrons. The van der Waals surface area contributed by atoms with Gasteiger partial charge in [-0.05, 0) is 40.9 Å². The minimum Gasteiger partial charge on any atom is -0.486 e. The molecule has 0 aromatic heterocycles. The third-order valence-electron chi connectivity index (χ3n) is 4.29. The average Bonchev–Trinajstić information content (AvgIpc) is 2.94. The molecule has 1 amide bonds. The van der Waals surface area contributed by atoms with E-state index in [0.29, 0.717) is 47.6 Å². The summed E-state index contributed by atoms with van der Waals surface area (Å²) in [7, 11) is 0. The number of carboxylic acid groups (broad SMARTS) is 1. The second-order valence-electron chi connectivity index (χ2n) is 5.99. The maximum absolute atomic E-state index is 12.6. The maximum atomic E-state index is 12.6. The largest absolute Gasteiger partial charge is 0.486 e. The lowest BCUT2D eigenvalue weighted by atomic mass is 9.92. The van der Waals surface area contributed by atoms with Crippen molar-refractivity contribution in [2.45, 2.75) is 37.6 Å². The van der Waals surface area contributed by atoms with Crippen molar-refractivity contribution in [2.75, 3.05) is 13.2 Å². The molecule has 6 nitrogen and oxygen atoms in total. The van der Waals surface area contributed by atoms with Gasteiger partial charge in [0, 0.05) is 5.56 Å². The molecule has 1 heterocycles. The van der Waals surface area contributed by atoms with Crippen LogP contribution in [0.4, 0.5) is 0 Å². The van der Waals surface area contributed by atoms with Crippen molar-refractivity contribution in [3.05, 3.63) is 22.2 Å². The number of nitrogens with one attached hydrogen (secondary N) is 1. The molecule has 0 unspecified atom stereocenters. The van der Waals surface area contributed by atoms with E-state index in [4.69, 9.17) is 14.6 Å². The van der Waals surface area contributed by atoms with Gasteiger partial charge in [0.15, 0.2) is 11.5 Å². The van der Waals surface area contributed by atoms with Crippen molar-refractivity contribution in [3.8, 4) is 11.5 Å². The highest BCUT2D eigenvalue weighted by atomic mass is 79.9. The van der Waals surface area contributed by atoms with Crippen molar-refractivity contribution in [1.29, 1.82) is 0 Å². The highest BCUT2D eigenvalue weighted by Crippen LogP contribution is 2.39. The summed E-state index contributed by atoms with van der Waals surface area (Å²) in [5.74, 6) is -0.0650. The Kier molecular flexibility index (Phi) is 4.48. The van der Waals surface area contributed by atoms with E-state index in [0.717, 1.165) is 12.8 Å². The number of halogens is 1. The number of fused-ring (bicyclic) bond motifs is 1. The molecule has 0 saturated heterocycles. The van der Waals surface area contributed by atoms with E-state index in [2.05, 4.69) is 21.2 Å². The lowest BCUT2D eigenvalue weighted by Crippen LogP contribution is -2.47. The maximum Gasteiger partial charge on any atom is 0.305 e. The smallest absolute Gasteiger partial charge is 0.305 e. The van der Waals surface area contributed by atoms with Gasteiger partial charge in [0.1, 0.15) is 13.2 Å². The van der Waals surface area contributed by atoms with Crippen molar-refractivity contribution in [3.63, 3.8) is 0 Å². The molecule has 1 aliphatic carbocycles. The molecule has 1 aromatic carbocycles. The van der Waals surface area contributed by atoms with E-state index in [1.54, 1.807) is 12.1 Å². The Labute approximate surface area is 142 Å². The molecule has 3 rings (SSSR count). The molecule has 1 fully saturated rings. The van der Waals surface area contributed by atoms with Crippen LogP contribution in [0.15, 0.2) is 16.6 Å². The second-order valence-corrected chi connectivity index (χ2v) is 6.85. The monoisotopic (exact) mass is 383 g/mol. The van der Waals surface area contributed by atoms with Gasteiger partial charge < -0.3 is 19.9 Å². The van der Waals surface area contributed by atoms with Gasteiger partial charge in [-0.1, -0.05) is 12.8 Å². The highest BCUT2D eigenvalue weighted by molar-refractivity contribution is 9.10. The zero-order valence-electron chi connectivity index (χ0n) is 12.6. The van der Waals surface area contributed by atoms with Crippen LogP contribution in [-0.2, 0) is 4.79 Å². The fourth-order valence-electron chi connectivity index (χ4n) is 3.24. The van der Waals surface area contributed by atoms with Gasteiger partial charge in [0.2, 0.25) is 0 Å². The van der Waals surface area contributed by atoms with E-state index in [1.807, 2.05) is 0 Å². The lowest BCUT2D eigenvalue weighted by molar-refractivity contribution is -0.138. The normalized spacial score (nSPS) is 18.5. The predicted molar refractivity (Wildman–Crippen MR) is 86.1 cm³/mol. The third-order valence-corrected chi connectivity index (χ3v) is 4.88. The Hall–Kier alpha value is -1.76. The van der Waals surface area contributed by atoms with E-state index < -0.39 is 11.5 Å². The average molecular weight is 384 g/mol. The molecule has 0 spiro atoms. The number of hydrogen-bond donors (Lipinski definition) is 2. The fourth-order valence-corrected chi connectivity index (χ4v) is 3.80. The number of aliphatic carboxylic acids is 1. The zero-order valence-corrected chi connectivity index (χ0v) is 14.1. The van der Waals surface area contributed by atoms with Crippen molar-refractivity contribution >= 4 is 27.8 Å². The first-order chi connectivity index (χ1) is 11.0. The minimum absolute atomic E-state index is 0.0511. The van der Waals surface area contributed by atoms with E-state index in [-0.39, 0.29) is 12.3 Å². The third kappa shape index (κ3) is 3.44. The molecule has 23 heavy (non-hydrogen) atoms. The van der Waals surface area contributed by atoms with Gasteiger partial charge in [-0.2, -0.15) is 0 Å². The number of rotatable bonds is 4. The molecule has 1 aromatic rings. The van der Waals surface area contributed by atoms with Crippen LogP contribution >= 0.6 is 15.9 Å². The Morgan fingerprint density at radius 1 is 1.22 bits per heavy atom. The zero-order chi connectivity index (χ0) is 16.4. The van der Waals surface area contributed by atoms with Crippen LogP contribution in [0.2, 0.25) is 0 Å². The van der Waals surface area contributed by atoms with Crippen LogP contribution in [0, 0.1) is 0 Å². The van der Waals surface area contributed by atoms with Gasteiger partial charge in [0.05, 0.1) is 16.4 Å². The van der Waals surface area contributed by atoms with Crippen molar-refractivity contribution in [1.82, 2.24) is 5.32 Å². The van der Waals surface area contributed by atoms with E-state index in [1.165, 1.54) is 0 Å². The number of carbonyl (C=O) groups excluding carboxylic acids is 1. The first-order valence-electron chi connectivity index (χ1n) is 7.63. The Balaban J connectivity index is 1.82. The molecule has 0 bridgehead atoms. The summed E-state index contributed by atoms with van der Waals surface area (Å²) in [6, 6.07) is 3.31. The number of benzene rings is 1. The number of carboxylic acids is 1. The number of hydrogen-bond acceptors (Lipinski definition) is 4. The minimum atomic E-state index is -0.893. The molecule has 124 valence electrons. The van der Waals surface area contributed by atoms with Gasteiger partial charge in [-0.25, -0.2) is 0 Å². The van der Waals surface area contributed by atoms with Crippen LogP contribution in [0.5, 0.6) is 11.5 Å². The Bertz CT molecular complexity index is 640. The summed E-state index contributed by atoms with van der Waals surface area (Å²) in [4.78, 5) is 23.7. The molecule has 0 atom stereocenters. The summed E-state index contributed by atoms with van der Waals surface area (Å²) >= 11 is 3.39. The second kappa shape index (κ2) is 6.39. The number of ether oxygens (including phenoxy) is 2. The molecule has 1 saturated carbocycles. The van der Waals surface area contributed by atoms with Crippen molar-refractivity contribution in [2.24, 2.45) is 0 Å². The number of carbonyl (C=O) groups is 2. The van der Waals surface area contributed by atoms with E-state index >= 15 is 0 Å². The van der Waals surface area contributed by atoms with Crippen LogP contribution in [0.3, 0.4) is 0 Å². The highest BCUT2D eigenvalue weighted by Gasteiger charge is 2.37.